The third-order valence-corrected chi connectivity index (χ3v) is 2.25. The second-order valence-electron chi connectivity index (χ2n) is 3.75. The van der Waals surface area contributed by atoms with Crippen molar-refractivity contribution < 1.29 is 9.47 Å². The predicted octanol–water partition coefficient (Wildman–Crippen LogP) is 1.82. The third-order valence-electron chi connectivity index (χ3n) is 2.25. The average molecular weight is 239 g/mol. The van der Waals surface area contributed by atoms with Crippen molar-refractivity contribution >= 4 is 5.82 Å². The maximum Gasteiger partial charge on any atom is 0.221 e. The fraction of sp³-hybridized carbons (Fsp3) is 0.667. The Morgan fingerprint density at radius 1 is 1.12 bits per heavy atom. The van der Waals surface area contributed by atoms with Gasteiger partial charge in [-0.1, -0.05) is 20.3 Å². The van der Waals surface area contributed by atoms with Gasteiger partial charge in [0.1, 0.15) is 18.8 Å². The molecular formula is C12H21N3O2. The van der Waals surface area contributed by atoms with E-state index in [-0.39, 0.29) is 0 Å². The number of nitrogens with two attached hydrogens (primary N) is 1. The normalized spacial score (nSPS) is 10.5. The zero-order chi connectivity index (χ0) is 12.5. The van der Waals surface area contributed by atoms with Gasteiger partial charge in [0.05, 0.1) is 12.2 Å². The van der Waals surface area contributed by atoms with Crippen LogP contribution in [0.4, 0.5) is 5.82 Å². The summed E-state index contributed by atoms with van der Waals surface area (Å²) in [5.74, 6) is 1.09. The summed E-state index contributed by atoms with van der Waals surface area (Å²) in [6.07, 6.45) is 4.26. The number of nitrogens with zero attached hydrogens (tertiary/aromatic N) is 2. The van der Waals surface area contributed by atoms with E-state index in [0.29, 0.717) is 24.9 Å². The summed E-state index contributed by atoms with van der Waals surface area (Å²) < 4.78 is 10.9. The van der Waals surface area contributed by atoms with E-state index in [1.807, 2.05) is 0 Å². The lowest BCUT2D eigenvalue weighted by atomic mass is 10.2. The van der Waals surface area contributed by atoms with Gasteiger partial charge < -0.3 is 15.2 Å². The molecule has 0 aliphatic rings. The highest BCUT2D eigenvalue weighted by Crippen LogP contribution is 2.20. The van der Waals surface area contributed by atoms with Gasteiger partial charge in [-0.15, -0.1) is 0 Å². The first-order valence-corrected chi connectivity index (χ1v) is 6.09. The van der Waals surface area contributed by atoms with Crippen molar-refractivity contribution in [3.05, 3.63) is 11.9 Å². The Hall–Kier alpha value is -1.36. The van der Waals surface area contributed by atoms with Gasteiger partial charge in [-0.05, 0) is 12.8 Å². The minimum atomic E-state index is 0.493. The molecule has 1 heterocycles. The Labute approximate surface area is 102 Å². The van der Waals surface area contributed by atoms with Crippen LogP contribution in [-0.2, 0) is 11.2 Å². The van der Waals surface area contributed by atoms with Crippen molar-refractivity contribution in [2.45, 2.75) is 33.1 Å². The topological polar surface area (TPSA) is 70.3 Å². The van der Waals surface area contributed by atoms with Gasteiger partial charge in [0.25, 0.3) is 0 Å². The first kappa shape index (κ1) is 13.7. The van der Waals surface area contributed by atoms with E-state index in [9.17, 15) is 0 Å². The molecule has 5 heteroatoms. The SMILES string of the molecule is CCCOCCOc1ncnc(N)c1CCC. The third kappa shape index (κ3) is 4.56. The van der Waals surface area contributed by atoms with Crippen molar-refractivity contribution in [2.75, 3.05) is 25.6 Å². The van der Waals surface area contributed by atoms with Gasteiger partial charge in [0.15, 0.2) is 0 Å². The standard InChI is InChI=1S/C12H21N3O2/c1-3-5-10-11(13)14-9-15-12(10)17-8-7-16-6-4-2/h9H,3-8H2,1-2H3,(H2,13,14,15). The van der Waals surface area contributed by atoms with Gasteiger partial charge in [-0.3, -0.25) is 0 Å². The largest absolute Gasteiger partial charge is 0.475 e. The molecule has 0 fully saturated rings. The first-order chi connectivity index (χ1) is 8.29. The highest BCUT2D eigenvalue weighted by atomic mass is 16.5. The molecule has 0 aliphatic carbocycles. The van der Waals surface area contributed by atoms with Crippen LogP contribution >= 0.6 is 0 Å². The molecule has 0 spiro atoms. The molecule has 0 saturated heterocycles. The molecule has 0 atom stereocenters. The Balaban J connectivity index is 2.48. The first-order valence-electron chi connectivity index (χ1n) is 6.09. The summed E-state index contributed by atoms with van der Waals surface area (Å²) in [7, 11) is 0. The van der Waals surface area contributed by atoms with Crippen LogP contribution in [0.2, 0.25) is 0 Å². The van der Waals surface area contributed by atoms with Crippen LogP contribution < -0.4 is 10.5 Å². The van der Waals surface area contributed by atoms with Crippen molar-refractivity contribution in [3.8, 4) is 5.88 Å². The Morgan fingerprint density at radius 2 is 1.94 bits per heavy atom. The van der Waals surface area contributed by atoms with E-state index < -0.39 is 0 Å². The average Bonchev–Trinajstić information content (AvgIpc) is 2.33. The molecule has 0 aliphatic heterocycles. The van der Waals surface area contributed by atoms with Crippen molar-refractivity contribution in [1.29, 1.82) is 0 Å². The summed E-state index contributed by atoms with van der Waals surface area (Å²) >= 11 is 0. The monoisotopic (exact) mass is 239 g/mol. The summed E-state index contributed by atoms with van der Waals surface area (Å²) in [4.78, 5) is 8.08. The van der Waals surface area contributed by atoms with E-state index in [4.69, 9.17) is 15.2 Å². The number of nitrogen functional groups attached to an aromatic ring is 1. The number of hydrogen-bond donors (Lipinski definition) is 1. The molecule has 0 unspecified atom stereocenters. The molecule has 0 aromatic carbocycles. The van der Waals surface area contributed by atoms with Crippen LogP contribution in [0.5, 0.6) is 5.88 Å². The van der Waals surface area contributed by atoms with E-state index in [1.165, 1.54) is 6.33 Å². The molecule has 17 heavy (non-hydrogen) atoms. The van der Waals surface area contributed by atoms with Gasteiger partial charge in [-0.2, -0.15) is 0 Å². The second-order valence-corrected chi connectivity index (χ2v) is 3.75. The maximum atomic E-state index is 5.80. The second kappa shape index (κ2) is 7.84. The molecule has 0 amide bonds. The van der Waals surface area contributed by atoms with Gasteiger partial charge >= 0.3 is 0 Å². The summed E-state index contributed by atoms with van der Waals surface area (Å²) in [5, 5.41) is 0. The maximum absolute atomic E-state index is 5.80. The smallest absolute Gasteiger partial charge is 0.221 e. The fourth-order valence-electron chi connectivity index (χ4n) is 1.46. The Bertz CT molecular complexity index is 332. The highest BCUT2D eigenvalue weighted by molar-refractivity contribution is 5.44. The summed E-state index contributed by atoms with van der Waals surface area (Å²) in [6.45, 7) is 5.99. The fourth-order valence-corrected chi connectivity index (χ4v) is 1.46. The van der Waals surface area contributed by atoms with Crippen LogP contribution in [-0.4, -0.2) is 29.8 Å². The molecule has 1 aromatic rings. The molecular weight excluding hydrogens is 218 g/mol. The van der Waals surface area contributed by atoms with Crippen LogP contribution in [0.25, 0.3) is 0 Å². The predicted molar refractivity (Wildman–Crippen MR) is 67.0 cm³/mol. The molecule has 1 aromatic heterocycles. The van der Waals surface area contributed by atoms with Crippen LogP contribution in [0, 0.1) is 0 Å². The highest BCUT2D eigenvalue weighted by Gasteiger charge is 2.09. The van der Waals surface area contributed by atoms with Crippen LogP contribution in [0.15, 0.2) is 6.33 Å². The van der Waals surface area contributed by atoms with Gasteiger partial charge in [0.2, 0.25) is 5.88 Å². The van der Waals surface area contributed by atoms with Gasteiger partial charge in [0, 0.05) is 6.61 Å². The van der Waals surface area contributed by atoms with Crippen molar-refractivity contribution in [3.63, 3.8) is 0 Å². The van der Waals surface area contributed by atoms with E-state index in [1.54, 1.807) is 0 Å². The zero-order valence-corrected chi connectivity index (χ0v) is 10.6. The van der Waals surface area contributed by atoms with Crippen LogP contribution in [0.3, 0.4) is 0 Å². The minimum absolute atomic E-state index is 0.493. The lowest BCUT2D eigenvalue weighted by Gasteiger charge is -2.11. The van der Waals surface area contributed by atoms with Crippen molar-refractivity contribution in [2.24, 2.45) is 0 Å². The number of anilines is 1. The molecule has 5 nitrogen and oxygen atoms in total. The lowest BCUT2D eigenvalue weighted by molar-refractivity contribution is 0.0986. The minimum Gasteiger partial charge on any atom is -0.475 e. The van der Waals surface area contributed by atoms with Gasteiger partial charge in [-0.25, -0.2) is 9.97 Å². The Morgan fingerprint density at radius 3 is 2.65 bits per heavy atom. The number of aromatic nitrogens is 2. The lowest BCUT2D eigenvalue weighted by Crippen LogP contribution is -2.11. The van der Waals surface area contributed by atoms with Crippen molar-refractivity contribution in [1.82, 2.24) is 9.97 Å². The van der Waals surface area contributed by atoms with E-state index in [2.05, 4.69) is 23.8 Å². The molecule has 0 bridgehead atoms. The van der Waals surface area contributed by atoms with E-state index >= 15 is 0 Å². The summed E-state index contributed by atoms with van der Waals surface area (Å²) in [6, 6.07) is 0. The van der Waals surface area contributed by atoms with E-state index in [0.717, 1.165) is 31.4 Å². The summed E-state index contributed by atoms with van der Waals surface area (Å²) in [5.41, 5.74) is 6.69. The molecule has 0 saturated carbocycles. The molecule has 2 N–H and O–H groups in total. The molecule has 1 rings (SSSR count). The Kier molecular flexibility index (Phi) is 6.32. The molecule has 96 valence electrons. The molecule has 0 radical (unpaired) electrons. The number of rotatable bonds is 8. The number of hydrogen-bond acceptors (Lipinski definition) is 5. The quantitative estimate of drug-likeness (QED) is 0.701. The zero-order valence-electron chi connectivity index (χ0n) is 10.6. The van der Waals surface area contributed by atoms with Crippen LogP contribution in [0.1, 0.15) is 32.3 Å². The number of ether oxygens (including phenoxy) is 2.